The first-order valence-corrected chi connectivity index (χ1v) is 10.6. The van der Waals surface area contributed by atoms with E-state index in [1.807, 2.05) is 65.7 Å². The van der Waals surface area contributed by atoms with Gasteiger partial charge in [0.15, 0.2) is 5.78 Å². The van der Waals surface area contributed by atoms with Crippen LogP contribution in [0.4, 0.5) is 0 Å². The highest BCUT2D eigenvalue weighted by Gasteiger charge is 2.23. The number of ketones is 1. The number of hydrogen-bond acceptors (Lipinski definition) is 7. The van der Waals surface area contributed by atoms with Crippen LogP contribution in [0, 0.1) is 0 Å². The van der Waals surface area contributed by atoms with Crippen molar-refractivity contribution < 1.29 is 23.9 Å². The molecule has 0 atom stereocenters. The van der Waals surface area contributed by atoms with Crippen molar-refractivity contribution in [2.24, 2.45) is 0 Å². The van der Waals surface area contributed by atoms with Crippen molar-refractivity contribution in [3.63, 3.8) is 0 Å². The number of benzene rings is 2. The Morgan fingerprint density at radius 1 is 0.812 bits per heavy atom. The number of hydrogen-bond donors (Lipinski definition) is 0. The lowest BCUT2D eigenvalue weighted by atomic mass is 10.2. The minimum absolute atomic E-state index is 0.137. The third-order valence-electron chi connectivity index (χ3n) is 4.53. The van der Waals surface area contributed by atoms with E-state index in [0.29, 0.717) is 13.1 Å². The quantitative estimate of drug-likeness (QED) is 0.165. The van der Waals surface area contributed by atoms with Crippen molar-refractivity contribution in [2.45, 2.75) is 33.9 Å². The highest BCUT2D eigenvalue weighted by Crippen LogP contribution is 2.16. The number of rotatable bonds is 12. The van der Waals surface area contributed by atoms with Gasteiger partial charge in [0.05, 0.1) is 13.2 Å². The van der Waals surface area contributed by atoms with E-state index in [1.54, 1.807) is 18.9 Å². The van der Waals surface area contributed by atoms with Crippen molar-refractivity contribution in [3.05, 3.63) is 83.6 Å². The van der Waals surface area contributed by atoms with Crippen molar-refractivity contribution in [1.82, 2.24) is 10.0 Å². The predicted molar refractivity (Wildman–Crippen MR) is 121 cm³/mol. The molecule has 0 aromatic heterocycles. The largest absolute Gasteiger partial charge is 0.465 e. The summed E-state index contributed by atoms with van der Waals surface area (Å²) < 4.78 is 10.2. The van der Waals surface area contributed by atoms with Gasteiger partial charge in [-0.3, -0.25) is 9.59 Å². The number of Topliss-reactive ketones (excluding diaryl/α,β-unsaturated/α-hetero) is 1. The monoisotopic (exact) mass is 438 g/mol. The van der Waals surface area contributed by atoms with E-state index in [2.05, 4.69) is 0 Å². The van der Waals surface area contributed by atoms with E-state index in [1.165, 1.54) is 13.1 Å². The highest BCUT2D eigenvalue weighted by molar-refractivity contribution is 6.16. The molecule has 0 aliphatic carbocycles. The minimum atomic E-state index is -0.728. The second-order valence-corrected chi connectivity index (χ2v) is 7.02. The normalized spacial score (nSPS) is 11.2. The molecule has 2 aromatic rings. The molecule has 2 rings (SSSR count). The molecule has 0 amide bonds. The number of ether oxygens (including phenoxy) is 2. The molecule has 2 aromatic carbocycles. The van der Waals surface area contributed by atoms with Crippen LogP contribution < -0.4 is 0 Å². The average Bonchev–Trinajstić information content (AvgIpc) is 2.77. The number of carbonyl (C=O) groups excluding carboxylic acids is 3. The van der Waals surface area contributed by atoms with Crippen molar-refractivity contribution in [1.29, 1.82) is 0 Å². The lowest BCUT2D eigenvalue weighted by Gasteiger charge is -2.34. The van der Waals surface area contributed by atoms with Crippen LogP contribution in [0.1, 0.15) is 31.9 Å². The second kappa shape index (κ2) is 13.1. The van der Waals surface area contributed by atoms with Gasteiger partial charge in [-0.2, -0.15) is 0 Å². The summed E-state index contributed by atoms with van der Waals surface area (Å²) in [7, 11) is 0. The zero-order valence-corrected chi connectivity index (χ0v) is 18.8. The Morgan fingerprint density at radius 2 is 1.31 bits per heavy atom. The highest BCUT2D eigenvalue weighted by atomic mass is 16.5. The Labute approximate surface area is 189 Å². The molecule has 0 N–H and O–H groups in total. The summed E-state index contributed by atoms with van der Waals surface area (Å²) >= 11 is 0. The standard InChI is InChI=1S/C25H30N2O5/c1-4-31-24(29)19-27(18-23(20(3)28)25(30)32-5-2)26(16-21-12-8-6-9-13-21)17-22-14-10-7-11-15-22/h6-15,18H,4-5,16-17,19H2,1-3H3. The van der Waals surface area contributed by atoms with Gasteiger partial charge in [0, 0.05) is 19.3 Å². The van der Waals surface area contributed by atoms with Crippen LogP contribution in [-0.4, -0.2) is 47.5 Å². The van der Waals surface area contributed by atoms with E-state index < -0.39 is 17.7 Å². The Bertz CT molecular complexity index is 871. The maximum atomic E-state index is 12.4. The summed E-state index contributed by atoms with van der Waals surface area (Å²) in [5, 5.41) is 3.45. The van der Waals surface area contributed by atoms with Crippen LogP contribution in [0.3, 0.4) is 0 Å². The van der Waals surface area contributed by atoms with Gasteiger partial charge in [-0.05, 0) is 31.9 Å². The molecule has 32 heavy (non-hydrogen) atoms. The summed E-state index contributed by atoms with van der Waals surface area (Å²) in [6.07, 6.45) is 1.38. The van der Waals surface area contributed by atoms with Gasteiger partial charge < -0.3 is 14.5 Å². The third-order valence-corrected chi connectivity index (χ3v) is 4.53. The molecule has 0 aliphatic heterocycles. The molecule has 0 unspecified atom stereocenters. The molecular formula is C25H30N2O5. The molecule has 0 bridgehead atoms. The first-order chi connectivity index (χ1) is 15.4. The Kier molecular flexibility index (Phi) is 10.1. The lowest BCUT2D eigenvalue weighted by molar-refractivity contribution is -0.149. The topological polar surface area (TPSA) is 76.1 Å². The molecule has 0 aliphatic rings. The van der Waals surface area contributed by atoms with Gasteiger partial charge in [-0.25, -0.2) is 9.80 Å². The Hall–Kier alpha value is -3.45. The van der Waals surface area contributed by atoms with Crippen LogP contribution >= 0.6 is 0 Å². The van der Waals surface area contributed by atoms with Crippen LogP contribution in [0.15, 0.2) is 72.4 Å². The smallest absolute Gasteiger partial charge is 0.343 e. The van der Waals surface area contributed by atoms with Gasteiger partial charge >= 0.3 is 11.9 Å². The summed E-state index contributed by atoms with van der Waals surface area (Å²) in [4.78, 5) is 37.0. The van der Waals surface area contributed by atoms with Crippen LogP contribution in [-0.2, 0) is 36.9 Å². The van der Waals surface area contributed by atoms with Gasteiger partial charge in [0.1, 0.15) is 12.1 Å². The summed E-state index contributed by atoms with van der Waals surface area (Å²) in [6, 6.07) is 19.5. The van der Waals surface area contributed by atoms with Gasteiger partial charge in [-0.1, -0.05) is 60.7 Å². The number of nitrogens with zero attached hydrogens (tertiary/aromatic N) is 2. The summed E-state index contributed by atoms with van der Waals surface area (Å²) in [5.74, 6) is -1.65. The predicted octanol–water partition coefficient (Wildman–Crippen LogP) is 3.50. The van der Waals surface area contributed by atoms with E-state index in [-0.39, 0.29) is 25.3 Å². The molecule has 0 saturated carbocycles. The van der Waals surface area contributed by atoms with Crippen molar-refractivity contribution in [2.75, 3.05) is 19.8 Å². The van der Waals surface area contributed by atoms with E-state index in [0.717, 1.165) is 11.1 Å². The van der Waals surface area contributed by atoms with Crippen LogP contribution in [0.5, 0.6) is 0 Å². The molecule has 7 heteroatoms. The molecule has 0 spiro atoms. The average molecular weight is 439 g/mol. The third kappa shape index (κ3) is 8.00. The first-order valence-electron chi connectivity index (χ1n) is 10.6. The zero-order chi connectivity index (χ0) is 23.3. The fourth-order valence-corrected chi connectivity index (χ4v) is 3.04. The number of esters is 2. The summed E-state index contributed by atoms with van der Waals surface area (Å²) in [6.45, 7) is 5.78. The fraction of sp³-hybridized carbons (Fsp3) is 0.320. The number of carbonyl (C=O) groups is 3. The Balaban J connectivity index is 2.47. The maximum Gasteiger partial charge on any atom is 0.343 e. The summed E-state index contributed by atoms with van der Waals surface area (Å²) in [5.41, 5.74) is 1.87. The molecule has 0 fully saturated rings. The molecule has 0 heterocycles. The second-order valence-electron chi connectivity index (χ2n) is 7.02. The van der Waals surface area contributed by atoms with Crippen molar-refractivity contribution >= 4 is 17.7 Å². The van der Waals surface area contributed by atoms with Crippen molar-refractivity contribution in [3.8, 4) is 0 Å². The molecular weight excluding hydrogens is 408 g/mol. The molecule has 0 saturated heterocycles. The SMILES string of the molecule is CCOC(=O)CN(C=C(C(C)=O)C(=O)OCC)N(Cc1ccccc1)Cc1ccccc1. The minimum Gasteiger partial charge on any atom is -0.465 e. The molecule has 7 nitrogen and oxygen atoms in total. The first kappa shape index (κ1) is 24.8. The molecule has 0 radical (unpaired) electrons. The van der Waals surface area contributed by atoms with Crippen LogP contribution in [0.25, 0.3) is 0 Å². The fourth-order valence-electron chi connectivity index (χ4n) is 3.04. The Morgan fingerprint density at radius 3 is 1.75 bits per heavy atom. The van der Waals surface area contributed by atoms with Gasteiger partial charge in [0.25, 0.3) is 0 Å². The maximum absolute atomic E-state index is 12.4. The van der Waals surface area contributed by atoms with Gasteiger partial charge in [0.2, 0.25) is 0 Å². The van der Waals surface area contributed by atoms with E-state index in [9.17, 15) is 14.4 Å². The lowest BCUT2D eigenvalue weighted by Crippen LogP contribution is -2.42. The van der Waals surface area contributed by atoms with Gasteiger partial charge in [-0.15, -0.1) is 0 Å². The zero-order valence-electron chi connectivity index (χ0n) is 18.8. The van der Waals surface area contributed by atoms with E-state index >= 15 is 0 Å². The molecule has 170 valence electrons. The van der Waals surface area contributed by atoms with Crippen LogP contribution in [0.2, 0.25) is 0 Å². The van der Waals surface area contributed by atoms with E-state index in [4.69, 9.17) is 9.47 Å². The number of hydrazine groups is 1.